The molecule has 0 aliphatic carbocycles. The van der Waals surface area contributed by atoms with Crippen LogP contribution in [-0.4, -0.2) is 26.4 Å². The van der Waals surface area contributed by atoms with E-state index in [0.717, 1.165) is 31.9 Å². The molecule has 1 aliphatic rings. The molecule has 2 aromatic carbocycles. The van der Waals surface area contributed by atoms with Crippen molar-refractivity contribution in [2.75, 3.05) is 20.3 Å². The van der Waals surface area contributed by atoms with Crippen LogP contribution >= 0.6 is 0 Å². The largest absolute Gasteiger partial charge is 0.496 e. The van der Waals surface area contributed by atoms with E-state index in [0.29, 0.717) is 12.0 Å². The Morgan fingerprint density at radius 1 is 1.24 bits per heavy atom. The van der Waals surface area contributed by atoms with Gasteiger partial charge in [0.2, 0.25) is 0 Å². The molecule has 3 nitrogen and oxygen atoms in total. The molecule has 0 aromatic heterocycles. The lowest BCUT2D eigenvalue weighted by molar-refractivity contribution is 0.178. The molecule has 1 N–H and O–H groups in total. The van der Waals surface area contributed by atoms with Crippen LogP contribution in [0.4, 0.5) is 0 Å². The molecule has 21 heavy (non-hydrogen) atoms. The molecule has 2 aromatic rings. The average Bonchev–Trinajstić information content (AvgIpc) is 3.06. The first kappa shape index (κ1) is 14.4. The molecule has 0 saturated carbocycles. The van der Waals surface area contributed by atoms with Crippen LogP contribution in [0.5, 0.6) is 5.75 Å². The molecule has 112 valence electrons. The van der Waals surface area contributed by atoms with Crippen LogP contribution in [0, 0.1) is 5.92 Å². The van der Waals surface area contributed by atoms with Crippen molar-refractivity contribution in [2.45, 2.75) is 25.9 Å². The number of hydrogen-bond donors (Lipinski definition) is 1. The highest BCUT2D eigenvalue weighted by atomic mass is 16.5. The van der Waals surface area contributed by atoms with Gasteiger partial charge in [-0.2, -0.15) is 0 Å². The molecule has 3 heteroatoms. The minimum atomic E-state index is 0.480. The summed E-state index contributed by atoms with van der Waals surface area (Å²) >= 11 is 0. The lowest BCUT2D eigenvalue weighted by Crippen LogP contribution is -2.33. The van der Waals surface area contributed by atoms with E-state index >= 15 is 0 Å². The van der Waals surface area contributed by atoms with Gasteiger partial charge in [-0.25, -0.2) is 0 Å². The lowest BCUT2D eigenvalue weighted by Gasteiger charge is -2.20. The van der Waals surface area contributed by atoms with Gasteiger partial charge in [-0.05, 0) is 36.3 Å². The van der Waals surface area contributed by atoms with Gasteiger partial charge >= 0.3 is 0 Å². The number of hydrogen-bond acceptors (Lipinski definition) is 3. The van der Waals surface area contributed by atoms with E-state index in [1.807, 2.05) is 0 Å². The molecule has 0 bridgehead atoms. The zero-order chi connectivity index (χ0) is 14.7. The third-order valence-electron chi connectivity index (χ3n) is 4.48. The Labute approximate surface area is 126 Å². The van der Waals surface area contributed by atoms with Gasteiger partial charge in [0.15, 0.2) is 0 Å². The molecular formula is C18H23NO2. The molecule has 1 saturated heterocycles. The van der Waals surface area contributed by atoms with Gasteiger partial charge in [-0.3, -0.25) is 0 Å². The highest BCUT2D eigenvalue weighted by molar-refractivity contribution is 5.91. The molecule has 0 spiro atoms. The van der Waals surface area contributed by atoms with Crippen LogP contribution in [0.15, 0.2) is 36.4 Å². The number of fused-ring (bicyclic) bond motifs is 1. The second-order valence-electron chi connectivity index (χ2n) is 5.77. The van der Waals surface area contributed by atoms with Crippen LogP contribution < -0.4 is 10.1 Å². The summed E-state index contributed by atoms with van der Waals surface area (Å²) in [6.45, 7) is 4.92. The Morgan fingerprint density at radius 3 is 2.76 bits per heavy atom. The second-order valence-corrected chi connectivity index (χ2v) is 5.77. The van der Waals surface area contributed by atoms with Crippen molar-refractivity contribution in [1.82, 2.24) is 5.32 Å². The maximum absolute atomic E-state index is 5.47. The summed E-state index contributed by atoms with van der Waals surface area (Å²) in [5.41, 5.74) is 1.32. The lowest BCUT2D eigenvalue weighted by atomic mass is 9.99. The summed E-state index contributed by atoms with van der Waals surface area (Å²) in [7, 11) is 1.72. The second kappa shape index (κ2) is 6.46. The summed E-state index contributed by atoms with van der Waals surface area (Å²) in [5, 5.41) is 6.09. The van der Waals surface area contributed by atoms with E-state index in [1.165, 1.54) is 16.3 Å². The molecule has 1 aliphatic heterocycles. The maximum Gasteiger partial charge on any atom is 0.126 e. The molecule has 1 heterocycles. The first-order chi connectivity index (χ1) is 10.3. The van der Waals surface area contributed by atoms with Crippen LogP contribution in [0.2, 0.25) is 0 Å². The van der Waals surface area contributed by atoms with Gasteiger partial charge < -0.3 is 14.8 Å². The van der Waals surface area contributed by atoms with E-state index in [2.05, 4.69) is 48.6 Å². The maximum atomic E-state index is 5.47. The first-order valence-electron chi connectivity index (χ1n) is 7.65. The third-order valence-corrected chi connectivity index (χ3v) is 4.48. The minimum absolute atomic E-state index is 0.480. The average molecular weight is 285 g/mol. The van der Waals surface area contributed by atoms with Crippen molar-refractivity contribution in [2.24, 2.45) is 5.92 Å². The number of nitrogens with one attached hydrogen (secondary N) is 1. The minimum Gasteiger partial charge on any atom is -0.496 e. The molecule has 0 amide bonds. The van der Waals surface area contributed by atoms with Crippen molar-refractivity contribution in [3.8, 4) is 5.75 Å². The van der Waals surface area contributed by atoms with Gasteiger partial charge in [0, 0.05) is 24.6 Å². The van der Waals surface area contributed by atoms with E-state index < -0.39 is 0 Å². The quantitative estimate of drug-likeness (QED) is 0.913. The standard InChI is InChI=1S/C18H23NO2/c1-13(15-9-10-21-12-15)19-11-14-7-8-18(20-2)17-6-4-3-5-16(14)17/h3-8,13,15,19H,9-12H2,1-2H3. The van der Waals surface area contributed by atoms with Crippen LogP contribution in [-0.2, 0) is 11.3 Å². The van der Waals surface area contributed by atoms with E-state index in [4.69, 9.17) is 9.47 Å². The molecule has 0 radical (unpaired) electrons. The smallest absolute Gasteiger partial charge is 0.126 e. The zero-order valence-corrected chi connectivity index (χ0v) is 12.8. The Balaban J connectivity index is 1.77. The Morgan fingerprint density at radius 2 is 2.05 bits per heavy atom. The predicted molar refractivity (Wildman–Crippen MR) is 85.7 cm³/mol. The van der Waals surface area contributed by atoms with Gasteiger partial charge in [-0.1, -0.05) is 30.3 Å². The summed E-state index contributed by atoms with van der Waals surface area (Å²) in [5.74, 6) is 1.57. The number of methoxy groups -OCH3 is 1. The van der Waals surface area contributed by atoms with Crippen LogP contribution in [0.3, 0.4) is 0 Å². The molecule has 2 unspecified atom stereocenters. The van der Waals surface area contributed by atoms with Crippen LogP contribution in [0.1, 0.15) is 18.9 Å². The van der Waals surface area contributed by atoms with Crippen molar-refractivity contribution < 1.29 is 9.47 Å². The van der Waals surface area contributed by atoms with Crippen molar-refractivity contribution in [3.05, 3.63) is 42.0 Å². The number of rotatable bonds is 5. The van der Waals surface area contributed by atoms with E-state index in [9.17, 15) is 0 Å². The van der Waals surface area contributed by atoms with E-state index in [-0.39, 0.29) is 0 Å². The first-order valence-corrected chi connectivity index (χ1v) is 7.65. The highest BCUT2D eigenvalue weighted by Crippen LogP contribution is 2.28. The monoisotopic (exact) mass is 285 g/mol. The summed E-state index contributed by atoms with van der Waals surface area (Å²) < 4.78 is 10.9. The topological polar surface area (TPSA) is 30.5 Å². The van der Waals surface area contributed by atoms with Crippen LogP contribution in [0.25, 0.3) is 10.8 Å². The van der Waals surface area contributed by atoms with E-state index in [1.54, 1.807) is 7.11 Å². The molecular weight excluding hydrogens is 262 g/mol. The summed E-state index contributed by atoms with van der Waals surface area (Å²) in [6.07, 6.45) is 1.16. The van der Waals surface area contributed by atoms with Crippen molar-refractivity contribution >= 4 is 10.8 Å². The third kappa shape index (κ3) is 3.04. The van der Waals surface area contributed by atoms with Gasteiger partial charge in [0.05, 0.1) is 13.7 Å². The molecule has 1 fully saturated rings. The fourth-order valence-electron chi connectivity index (χ4n) is 3.05. The zero-order valence-electron chi connectivity index (χ0n) is 12.8. The Kier molecular flexibility index (Phi) is 4.42. The summed E-state index contributed by atoms with van der Waals surface area (Å²) in [4.78, 5) is 0. The van der Waals surface area contributed by atoms with Gasteiger partial charge in [0.1, 0.15) is 5.75 Å². The van der Waals surface area contributed by atoms with Gasteiger partial charge in [0.25, 0.3) is 0 Å². The van der Waals surface area contributed by atoms with Gasteiger partial charge in [-0.15, -0.1) is 0 Å². The van der Waals surface area contributed by atoms with Crippen molar-refractivity contribution in [1.29, 1.82) is 0 Å². The summed E-state index contributed by atoms with van der Waals surface area (Å²) in [6, 6.07) is 13.1. The predicted octanol–water partition coefficient (Wildman–Crippen LogP) is 3.36. The number of ether oxygens (including phenoxy) is 2. The highest BCUT2D eigenvalue weighted by Gasteiger charge is 2.21. The Bertz CT molecular complexity index is 605. The normalized spacial score (nSPS) is 19.8. The fraction of sp³-hybridized carbons (Fsp3) is 0.444. The number of benzene rings is 2. The SMILES string of the molecule is COc1ccc(CNC(C)C2CCOC2)c2ccccc12. The van der Waals surface area contributed by atoms with Crippen molar-refractivity contribution in [3.63, 3.8) is 0 Å². The fourth-order valence-corrected chi connectivity index (χ4v) is 3.05. The molecule has 3 rings (SSSR count). The molecule has 2 atom stereocenters. The Hall–Kier alpha value is -1.58.